The lowest BCUT2D eigenvalue weighted by molar-refractivity contribution is -0.123. The third-order valence-corrected chi connectivity index (χ3v) is 4.31. The number of H-pyrrole nitrogens is 1. The number of hydrogen-bond acceptors (Lipinski definition) is 4. The van der Waals surface area contributed by atoms with Crippen molar-refractivity contribution in [1.82, 2.24) is 15.3 Å². The minimum atomic E-state index is -0.479. The zero-order valence-electron chi connectivity index (χ0n) is 12.7. The lowest BCUT2D eigenvalue weighted by atomic mass is 9.82. The summed E-state index contributed by atoms with van der Waals surface area (Å²) in [6, 6.07) is 0. The molecule has 0 aromatic carbocycles. The lowest BCUT2D eigenvalue weighted by Crippen LogP contribution is -2.53. The summed E-state index contributed by atoms with van der Waals surface area (Å²) in [5.74, 6) is -0.133. The Balaban J connectivity index is 2.09. The largest absolute Gasteiger partial charge is 0.394 e. The van der Waals surface area contributed by atoms with Gasteiger partial charge in [0.05, 0.1) is 18.6 Å². The first-order chi connectivity index (χ1) is 9.96. The second kappa shape index (κ2) is 6.39. The van der Waals surface area contributed by atoms with Crippen LogP contribution in [0.1, 0.15) is 49.1 Å². The zero-order chi connectivity index (χ0) is 15.5. The van der Waals surface area contributed by atoms with Crippen LogP contribution in [0.4, 0.5) is 0 Å². The van der Waals surface area contributed by atoms with Crippen LogP contribution in [0.3, 0.4) is 0 Å². The van der Waals surface area contributed by atoms with Crippen molar-refractivity contribution in [3.63, 3.8) is 0 Å². The second-order valence-corrected chi connectivity index (χ2v) is 5.95. The highest BCUT2D eigenvalue weighted by Crippen LogP contribution is 2.27. The van der Waals surface area contributed by atoms with Gasteiger partial charge in [0.15, 0.2) is 0 Å². The first-order valence-corrected chi connectivity index (χ1v) is 7.44. The molecule has 1 saturated carbocycles. The molecule has 1 aromatic heterocycles. The molecule has 116 valence electrons. The van der Waals surface area contributed by atoms with Crippen molar-refractivity contribution in [3.05, 3.63) is 27.4 Å². The molecule has 0 spiro atoms. The molecule has 21 heavy (non-hydrogen) atoms. The Bertz CT molecular complexity index is 548. The van der Waals surface area contributed by atoms with Crippen LogP contribution in [0.5, 0.6) is 0 Å². The predicted octanol–water partition coefficient (Wildman–Crippen LogP) is 0.741. The minimum absolute atomic E-state index is 0.0272. The third-order valence-electron chi connectivity index (χ3n) is 4.31. The molecule has 0 radical (unpaired) electrons. The van der Waals surface area contributed by atoms with Gasteiger partial charge in [-0.25, -0.2) is 4.79 Å². The number of carbonyl (C=O) groups excluding carboxylic acids is 1. The van der Waals surface area contributed by atoms with Gasteiger partial charge in [-0.3, -0.25) is 4.79 Å². The van der Waals surface area contributed by atoms with Crippen molar-refractivity contribution in [3.8, 4) is 0 Å². The number of hydrogen-bond donors (Lipinski definition) is 3. The van der Waals surface area contributed by atoms with Crippen molar-refractivity contribution in [2.45, 2.75) is 57.9 Å². The van der Waals surface area contributed by atoms with Gasteiger partial charge in [0.25, 0.3) is 0 Å². The van der Waals surface area contributed by atoms with Gasteiger partial charge in [-0.2, -0.15) is 4.98 Å². The molecule has 1 aliphatic rings. The Labute approximate surface area is 124 Å². The van der Waals surface area contributed by atoms with E-state index in [1.54, 1.807) is 13.8 Å². The summed E-state index contributed by atoms with van der Waals surface area (Å²) in [6.45, 7) is 3.47. The van der Waals surface area contributed by atoms with Crippen LogP contribution in [0.25, 0.3) is 0 Å². The van der Waals surface area contributed by atoms with Crippen LogP contribution in [-0.2, 0) is 11.2 Å². The van der Waals surface area contributed by atoms with Gasteiger partial charge < -0.3 is 15.4 Å². The molecule has 6 nitrogen and oxygen atoms in total. The number of aryl methyl sites for hydroxylation is 2. The molecule has 1 aliphatic carbocycles. The molecule has 3 N–H and O–H groups in total. The number of carbonyl (C=O) groups is 1. The Morgan fingerprint density at radius 3 is 2.57 bits per heavy atom. The van der Waals surface area contributed by atoms with E-state index in [2.05, 4.69) is 15.3 Å². The number of aromatic nitrogens is 2. The normalized spacial score (nSPS) is 17.5. The fourth-order valence-corrected chi connectivity index (χ4v) is 3.07. The van der Waals surface area contributed by atoms with Crippen LogP contribution in [0.2, 0.25) is 0 Å². The van der Waals surface area contributed by atoms with Gasteiger partial charge in [-0.1, -0.05) is 19.3 Å². The highest BCUT2D eigenvalue weighted by atomic mass is 16.3. The van der Waals surface area contributed by atoms with Crippen LogP contribution >= 0.6 is 0 Å². The van der Waals surface area contributed by atoms with Crippen molar-refractivity contribution in [1.29, 1.82) is 0 Å². The maximum Gasteiger partial charge on any atom is 0.345 e. The SMILES string of the molecule is Cc1nc(=O)[nH]c(C)c1CC(=O)NC1(CO)CCCCC1. The van der Waals surface area contributed by atoms with Gasteiger partial charge >= 0.3 is 5.69 Å². The van der Waals surface area contributed by atoms with Crippen molar-refractivity contribution in [2.24, 2.45) is 0 Å². The first kappa shape index (κ1) is 15.7. The van der Waals surface area contributed by atoms with E-state index in [4.69, 9.17) is 0 Å². The van der Waals surface area contributed by atoms with Crippen molar-refractivity contribution >= 4 is 5.91 Å². The fraction of sp³-hybridized carbons (Fsp3) is 0.667. The topological polar surface area (TPSA) is 95.1 Å². The maximum absolute atomic E-state index is 12.3. The number of aliphatic hydroxyl groups is 1. The van der Waals surface area contributed by atoms with Crippen LogP contribution in [0, 0.1) is 13.8 Å². The summed E-state index contributed by atoms with van der Waals surface area (Å²) >= 11 is 0. The molecule has 1 fully saturated rings. The fourth-order valence-electron chi connectivity index (χ4n) is 3.07. The van der Waals surface area contributed by atoms with Gasteiger partial charge in [-0.05, 0) is 26.7 Å². The second-order valence-electron chi connectivity index (χ2n) is 5.95. The number of aromatic amines is 1. The molecule has 0 atom stereocenters. The monoisotopic (exact) mass is 293 g/mol. The number of rotatable bonds is 4. The smallest absolute Gasteiger partial charge is 0.345 e. The van der Waals surface area contributed by atoms with E-state index < -0.39 is 11.2 Å². The summed E-state index contributed by atoms with van der Waals surface area (Å²) < 4.78 is 0. The van der Waals surface area contributed by atoms with E-state index >= 15 is 0 Å². The average Bonchev–Trinajstić information content (AvgIpc) is 2.44. The summed E-state index contributed by atoms with van der Waals surface area (Å²) in [7, 11) is 0. The molecular formula is C15H23N3O3. The van der Waals surface area contributed by atoms with Gasteiger partial charge in [0, 0.05) is 17.0 Å². The van der Waals surface area contributed by atoms with Gasteiger partial charge in [0.2, 0.25) is 5.91 Å². The average molecular weight is 293 g/mol. The Morgan fingerprint density at radius 2 is 2.00 bits per heavy atom. The number of nitrogens with zero attached hydrogens (tertiary/aromatic N) is 1. The molecule has 2 rings (SSSR count). The minimum Gasteiger partial charge on any atom is -0.394 e. The Kier molecular flexibility index (Phi) is 4.77. The van der Waals surface area contributed by atoms with E-state index in [0.29, 0.717) is 11.4 Å². The Morgan fingerprint density at radius 1 is 1.33 bits per heavy atom. The highest BCUT2D eigenvalue weighted by Gasteiger charge is 2.32. The quantitative estimate of drug-likeness (QED) is 0.763. The predicted molar refractivity (Wildman–Crippen MR) is 79.1 cm³/mol. The third kappa shape index (κ3) is 3.69. The van der Waals surface area contributed by atoms with Gasteiger partial charge in [0.1, 0.15) is 0 Å². The van der Waals surface area contributed by atoms with Crippen molar-refractivity contribution in [2.75, 3.05) is 6.61 Å². The summed E-state index contributed by atoms with van der Waals surface area (Å²) in [5, 5.41) is 12.6. The molecule has 0 bridgehead atoms. The molecule has 1 heterocycles. The van der Waals surface area contributed by atoms with E-state index in [0.717, 1.165) is 37.7 Å². The molecule has 6 heteroatoms. The summed E-state index contributed by atoms with van der Waals surface area (Å²) in [5.41, 5.74) is 1.12. The van der Waals surface area contributed by atoms with Crippen LogP contribution < -0.4 is 11.0 Å². The molecule has 1 amide bonds. The van der Waals surface area contributed by atoms with E-state index in [9.17, 15) is 14.7 Å². The molecular weight excluding hydrogens is 270 g/mol. The summed E-state index contributed by atoms with van der Waals surface area (Å²) in [6.07, 6.45) is 5.01. The Hall–Kier alpha value is -1.69. The molecule has 0 unspecified atom stereocenters. The summed E-state index contributed by atoms with van der Waals surface area (Å²) in [4.78, 5) is 30.0. The number of nitrogens with one attached hydrogen (secondary N) is 2. The zero-order valence-corrected chi connectivity index (χ0v) is 12.7. The van der Waals surface area contributed by atoms with E-state index in [1.807, 2.05) is 0 Å². The van der Waals surface area contributed by atoms with E-state index in [-0.39, 0.29) is 18.9 Å². The molecule has 0 aliphatic heterocycles. The van der Waals surface area contributed by atoms with Crippen molar-refractivity contribution < 1.29 is 9.90 Å². The molecule has 0 saturated heterocycles. The van der Waals surface area contributed by atoms with Gasteiger partial charge in [-0.15, -0.1) is 0 Å². The maximum atomic E-state index is 12.3. The lowest BCUT2D eigenvalue weighted by Gasteiger charge is -2.36. The number of aliphatic hydroxyl groups excluding tert-OH is 1. The molecule has 1 aromatic rings. The highest BCUT2D eigenvalue weighted by molar-refractivity contribution is 5.79. The van der Waals surface area contributed by atoms with Crippen LogP contribution in [-0.4, -0.2) is 33.1 Å². The van der Waals surface area contributed by atoms with E-state index in [1.165, 1.54) is 0 Å². The first-order valence-electron chi connectivity index (χ1n) is 7.44. The standard InChI is InChI=1S/C15H23N3O3/c1-10-12(11(2)17-14(21)16-10)8-13(20)18-15(9-19)6-4-3-5-7-15/h19H,3-9H2,1-2H3,(H,18,20)(H,16,17,21). The number of amides is 1. The van der Waals surface area contributed by atoms with Crippen LogP contribution in [0.15, 0.2) is 4.79 Å².